The number of para-hydroxylation sites is 3. The fourth-order valence-corrected chi connectivity index (χ4v) is 4.14. The lowest BCUT2D eigenvalue weighted by Crippen LogP contribution is -2.25. The summed E-state index contributed by atoms with van der Waals surface area (Å²) in [7, 11) is -3.88. The molecular formula is C21H17ClN4O3S. The number of benzene rings is 3. The number of H-pyrrole nitrogens is 1. The highest BCUT2D eigenvalue weighted by atomic mass is 35.5. The molecule has 4 rings (SSSR count). The molecule has 9 heteroatoms. The fraction of sp³-hybridized carbons (Fsp3) is 0.0476. The quantitative estimate of drug-likeness (QED) is 0.422. The third kappa shape index (κ3) is 4.29. The summed E-state index contributed by atoms with van der Waals surface area (Å²) in [6.07, 6.45) is 0. The predicted molar refractivity (Wildman–Crippen MR) is 116 cm³/mol. The van der Waals surface area contributed by atoms with Crippen molar-refractivity contribution in [1.29, 1.82) is 0 Å². The van der Waals surface area contributed by atoms with Crippen molar-refractivity contribution in [2.75, 3.05) is 4.72 Å². The molecule has 4 aromatic rings. The molecule has 30 heavy (non-hydrogen) atoms. The van der Waals surface area contributed by atoms with Crippen molar-refractivity contribution in [3.05, 3.63) is 89.2 Å². The molecule has 0 aliphatic heterocycles. The highest BCUT2D eigenvalue weighted by molar-refractivity contribution is 7.92. The lowest BCUT2D eigenvalue weighted by Gasteiger charge is -2.12. The zero-order valence-electron chi connectivity index (χ0n) is 15.6. The summed E-state index contributed by atoms with van der Waals surface area (Å²) in [5, 5.41) is 3.19. The van der Waals surface area contributed by atoms with Crippen molar-refractivity contribution in [3.8, 4) is 0 Å². The van der Waals surface area contributed by atoms with Gasteiger partial charge in [0.15, 0.2) is 0 Å². The van der Waals surface area contributed by atoms with Gasteiger partial charge in [-0.3, -0.25) is 9.52 Å². The van der Waals surface area contributed by atoms with Crippen LogP contribution < -0.4 is 10.0 Å². The van der Waals surface area contributed by atoms with Crippen LogP contribution in [0, 0.1) is 0 Å². The van der Waals surface area contributed by atoms with Gasteiger partial charge in [0.2, 0.25) is 0 Å². The van der Waals surface area contributed by atoms with Gasteiger partial charge < -0.3 is 10.3 Å². The van der Waals surface area contributed by atoms with Gasteiger partial charge in [0.05, 0.1) is 33.7 Å². The topological polar surface area (TPSA) is 104 Å². The number of anilines is 1. The number of carbonyl (C=O) groups excluding carboxylic acids is 1. The first kappa shape index (κ1) is 19.9. The van der Waals surface area contributed by atoms with E-state index in [2.05, 4.69) is 20.0 Å². The Morgan fingerprint density at radius 1 is 0.967 bits per heavy atom. The van der Waals surface area contributed by atoms with Crippen molar-refractivity contribution in [2.45, 2.75) is 11.4 Å². The summed E-state index contributed by atoms with van der Waals surface area (Å²) in [5.41, 5.74) is 2.05. The molecule has 0 bridgehead atoms. The molecule has 3 N–H and O–H groups in total. The molecule has 0 unspecified atom stereocenters. The number of nitrogens with one attached hydrogen (secondary N) is 3. The van der Waals surface area contributed by atoms with Crippen LogP contribution in [-0.2, 0) is 16.6 Å². The molecule has 152 valence electrons. The van der Waals surface area contributed by atoms with Crippen LogP contribution >= 0.6 is 11.6 Å². The average molecular weight is 441 g/mol. The number of carbonyl (C=O) groups is 1. The molecule has 1 amide bonds. The SMILES string of the molecule is O=C(NCc1nc2ccccc2[nH]1)c1ccccc1NS(=O)(=O)c1ccc(Cl)cc1. The normalized spacial score (nSPS) is 11.4. The number of rotatable bonds is 6. The molecule has 0 fully saturated rings. The number of halogens is 1. The van der Waals surface area contributed by atoms with E-state index in [1.54, 1.807) is 18.2 Å². The van der Waals surface area contributed by atoms with Crippen LogP contribution in [0.2, 0.25) is 5.02 Å². The standard InChI is InChI=1S/C21H17ClN4O3S/c22-14-9-11-15(12-10-14)30(28,29)26-17-6-2-1-5-16(17)21(27)23-13-20-24-18-7-3-4-8-19(18)25-20/h1-12,26H,13H2,(H,23,27)(H,24,25). The molecule has 0 aliphatic carbocycles. The molecule has 1 aromatic heterocycles. The Kier molecular flexibility index (Phi) is 5.43. The molecule has 3 aromatic carbocycles. The van der Waals surface area contributed by atoms with Crippen LogP contribution in [0.4, 0.5) is 5.69 Å². The van der Waals surface area contributed by atoms with Crippen molar-refractivity contribution < 1.29 is 13.2 Å². The number of hydrogen-bond donors (Lipinski definition) is 3. The second-order valence-corrected chi connectivity index (χ2v) is 8.61. The summed E-state index contributed by atoms with van der Waals surface area (Å²) in [6, 6.07) is 19.7. The van der Waals surface area contributed by atoms with Gasteiger partial charge in [0.25, 0.3) is 15.9 Å². The lowest BCUT2D eigenvalue weighted by atomic mass is 10.1. The van der Waals surface area contributed by atoms with Gasteiger partial charge in [-0.2, -0.15) is 0 Å². The number of sulfonamides is 1. The monoisotopic (exact) mass is 440 g/mol. The largest absolute Gasteiger partial charge is 0.345 e. The maximum absolute atomic E-state index is 12.7. The smallest absolute Gasteiger partial charge is 0.261 e. The van der Waals surface area contributed by atoms with Crippen molar-refractivity contribution >= 4 is 44.3 Å². The second-order valence-electron chi connectivity index (χ2n) is 6.49. The van der Waals surface area contributed by atoms with E-state index in [0.717, 1.165) is 11.0 Å². The minimum absolute atomic E-state index is 0.0457. The van der Waals surface area contributed by atoms with E-state index < -0.39 is 15.9 Å². The molecular weight excluding hydrogens is 424 g/mol. The zero-order valence-corrected chi connectivity index (χ0v) is 17.2. The van der Waals surface area contributed by atoms with Gasteiger partial charge >= 0.3 is 0 Å². The molecule has 0 aliphatic rings. The highest BCUT2D eigenvalue weighted by Crippen LogP contribution is 2.21. The summed E-state index contributed by atoms with van der Waals surface area (Å²) in [4.78, 5) is 20.3. The first-order chi connectivity index (χ1) is 14.4. The minimum Gasteiger partial charge on any atom is -0.345 e. The van der Waals surface area contributed by atoms with Crippen LogP contribution in [0.1, 0.15) is 16.2 Å². The molecule has 0 radical (unpaired) electrons. The Morgan fingerprint density at radius 2 is 1.67 bits per heavy atom. The Hall–Kier alpha value is -3.36. The Balaban J connectivity index is 1.52. The fourth-order valence-electron chi connectivity index (χ4n) is 2.94. The first-order valence-electron chi connectivity index (χ1n) is 9.02. The van der Waals surface area contributed by atoms with Crippen molar-refractivity contribution in [3.63, 3.8) is 0 Å². The van der Waals surface area contributed by atoms with Gasteiger partial charge in [-0.1, -0.05) is 35.9 Å². The minimum atomic E-state index is -3.88. The van der Waals surface area contributed by atoms with Gasteiger partial charge in [0.1, 0.15) is 5.82 Å². The maximum atomic E-state index is 12.7. The van der Waals surface area contributed by atoms with E-state index in [1.807, 2.05) is 24.3 Å². The maximum Gasteiger partial charge on any atom is 0.261 e. The number of aromatic nitrogens is 2. The Labute approximate surface area is 178 Å². The first-order valence-corrected chi connectivity index (χ1v) is 10.9. The summed E-state index contributed by atoms with van der Waals surface area (Å²) >= 11 is 5.82. The molecule has 0 spiro atoms. The Bertz CT molecular complexity index is 1280. The van der Waals surface area contributed by atoms with Crippen LogP contribution in [0.3, 0.4) is 0 Å². The number of fused-ring (bicyclic) bond motifs is 1. The van der Waals surface area contributed by atoms with E-state index in [0.29, 0.717) is 10.8 Å². The van der Waals surface area contributed by atoms with E-state index in [9.17, 15) is 13.2 Å². The number of nitrogens with zero attached hydrogens (tertiary/aromatic N) is 1. The Morgan fingerprint density at radius 3 is 2.43 bits per heavy atom. The third-order valence-corrected chi connectivity index (χ3v) is 6.03. The third-order valence-electron chi connectivity index (χ3n) is 4.39. The highest BCUT2D eigenvalue weighted by Gasteiger charge is 2.18. The van der Waals surface area contributed by atoms with Gasteiger partial charge in [-0.15, -0.1) is 0 Å². The summed E-state index contributed by atoms with van der Waals surface area (Å²) in [6.45, 7) is 0.172. The van der Waals surface area contributed by atoms with Gasteiger partial charge in [0, 0.05) is 5.02 Å². The van der Waals surface area contributed by atoms with E-state index in [4.69, 9.17) is 11.6 Å². The van der Waals surface area contributed by atoms with E-state index in [-0.39, 0.29) is 22.7 Å². The number of imidazole rings is 1. The van der Waals surface area contributed by atoms with E-state index in [1.165, 1.54) is 30.3 Å². The second kappa shape index (κ2) is 8.17. The number of amides is 1. The zero-order chi connectivity index (χ0) is 21.1. The van der Waals surface area contributed by atoms with Gasteiger partial charge in [-0.05, 0) is 48.5 Å². The predicted octanol–water partition coefficient (Wildman–Crippen LogP) is 3.95. The van der Waals surface area contributed by atoms with Crippen LogP contribution in [0.15, 0.2) is 77.7 Å². The van der Waals surface area contributed by atoms with Crippen LogP contribution in [0.25, 0.3) is 11.0 Å². The van der Waals surface area contributed by atoms with Crippen LogP contribution in [0.5, 0.6) is 0 Å². The molecule has 0 saturated carbocycles. The lowest BCUT2D eigenvalue weighted by molar-refractivity contribution is 0.0951. The van der Waals surface area contributed by atoms with E-state index >= 15 is 0 Å². The number of hydrogen-bond acceptors (Lipinski definition) is 4. The molecule has 1 heterocycles. The molecule has 7 nitrogen and oxygen atoms in total. The molecule has 0 atom stereocenters. The van der Waals surface area contributed by atoms with Gasteiger partial charge in [-0.25, -0.2) is 13.4 Å². The number of aromatic amines is 1. The summed E-state index contributed by atoms with van der Waals surface area (Å²) < 4.78 is 27.8. The van der Waals surface area contributed by atoms with Crippen molar-refractivity contribution in [2.24, 2.45) is 0 Å². The van der Waals surface area contributed by atoms with Crippen LogP contribution in [-0.4, -0.2) is 24.3 Å². The van der Waals surface area contributed by atoms with Crippen molar-refractivity contribution in [1.82, 2.24) is 15.3 Å². The molecule has 0 saturated heterocycles. The average Bonchev–Trinajstić information content (AvgIpc) is 3.15. The summed E-state index contributed by atoms with van der Waals surface area (Å²) in [5.74, 6) is 0.175.